The van der Waals surface area contributed by atoms with E-state index in [0.29, 0.717) is 23.0 Å². The third-order valence-corrected chi connectivity index (χ3v) is 5.05. The Balaban J connectivity index is 1.50. The Labute approximate surface area is 181 Å². The number of carbonyl (C=O) groups is 2. The molecule has 2 heterocycles. The molecule has 0 saturated carbocycles. The van der Waals surface area contributed by atoms with Gasteiger partial charge in [0.25, 0.3) is 0 Å². The van der Waals surface area contributed by atoms with Crippen LogP contribution in [0, 0.1) is 11.8 Å². The number of ether oxygens (including phenoxy) is 1. The summed E-state index contributed by atoms with van der Waals surface area (Å²) in [7, 11) is 0. The van der Waals surface area contributed by atoms with Crippen LogP contribution in [0.5, 0.6) is 0 Å². The summed E-state index contributed by atoms with van der Waals surface area (Å²) < 4.78 is 5.12. The Morgan fingerprint density at radius 1 is 1.17 bits per heavy atom. The molecule has 0 unspecified atom stereocenters. The molecule has 1 aliphatic rings. The number of pyridine rings is 1. The fourth-order valence-electron chi connectivity index (χ4n) is 3.24. The van der Waals surface area contributed by atoms with E-state index in [1.54, 1.807) is 30.5 Å². The van der Waals surface area contributed by atoms with Crippen molar-refractivity contribution < 1.29 is 14.3 Å². The van der Waals surface area contributed by atoms with Crippen molar-refractivity contribution in [1.82, 2.24) is 4.98 Å². The van der Waals surface area contributed by atoms with Crippen LogP contribution >= 0.6 is 11.6 Å². The summed E-state index contributed by atoms with van der Waals surface area (Å²) in [6.07, 6.45) is 2.62. The highest BCUT2D eigenvalue weighted by molar-refractivity contribution is 6.30. The largest absolute Gasteiger partial charge is 0.449 e. The summed E-state index contributed by atoms with van der Waals surface area (Å²) in [6.45, 7) is 5.82. The zero-order valence-corrected chi connectivity index (χ0v) is 18.0. The van der Waals surface area contributed by atoms with Crippen LogP contribution in [0.4, 0.5) is 22.0 Å². The van der Waals surface area contributed by atoms with E-state index in [2.05, 4.69) is 20.5 Å². The monoisotopic (exact) mass is 430 g/mol. The molecule has 2 aromatic rings. The van der Waals surface area contributed by atoms with Gasteiger partial charge in [0.2, 0.25) is 5.91 Å². The Morgan fingerprint density at radius 3 is 2.50 bits per heavy atom. The first-order valence-corrected chi connectivity index (χ1v) is 10.5. The second-order valence-electron chi connectivity index (χ2n) is 7.78. The fraction of sp³-hybridized carbons (Fsp3) is 0.409. The highest BCUT2D eigenvalue weighted by Gasteiger charge is 2.25. The molecule has 8 heteroatoms. The van der Waals surface area contributed by atoms with Crippen molar-refractivity contribution in [3.05, 3.63) is 47.6 Å². The fourth-order valence-corrected chi connectivity index (χ4v) is 3.35. The van der Waals surface area contributed by atoms with Gasteiger partial charge in [-0.3, -0.25) is 10.1 Å². The molecule has 1 saturated heterocycles. The maximum absolute atomic E-state index is 12.7. The predicted octanol–water partition coefficient (Wildman–Crippen LogP) is 4.79. The molecule has 0 radical (unpaired) electrons. The van der Waals surface area contributed by atoms with Gasteiger partial charge in [-0.1, -0.05) is 31.5 Å². The van der Waals surface area contributed by atoms with E-state index in [9.17, 15) is 9.59 Å². The van der Waals surface area contributed by atoms with Crippen molar-refractivity contribution in [3.63, 3.8) is 0 Å². The van der Waals surface area contributed by atoms with Gasteiger partial charge in [0, 0.05) is 36.6 Å². The molecule has 3 rings (SSSR count). The maximum atomic E-state index is 12.7. The summed E-state index contributed by atoms with van der Waals surface area (Å²) in [4.78, 5) is 31.0. The minimum atomic E-state index is -0.504. The van der Waals surface area contributed by atoms with Gasteiger partial charge < -0.3 is 15.0 Å². The Morgan fingerprint density at radius 2 is 1.87 bits per heavy atom. The third kappa shape index (κ3) is 6.35. The van der Waals surface area contributed by atoms with E-state index < -0.39 is 6.09 Å². The number of carbonyl (C=O) groups excluding carboxylic acids is 2. The zero-order valence-electron chi connectivity index (χ0n) is 17.2. The number of hydrogen-bond donors (Lipinski definition) is 2. The number of nitrogens with one attached hydrogen (secondary N) is 2. The Hall–Kier alpha value is -2.80. The number of rotatable bonds is 6. The number of anilines is 3. The lowest BCUT2D eigenvalue weighted by molar-refractivity contribution is -0.120. The first kappa shape index (κ1) is 21.9. The van der Waals surface area contributed by atoms with Crippen LogP contribution in [-0.2, 0) is 9.53 Å². The Kier molecular flexibility index (Phi) is 7.52. The number of aromatic nitrogens is 1. The van der Waals surface area contributed by atoms with Crippen molar-refractivity contribution in [2.45, 2.75) is 26.7 Å². The summed E-state index contributed by atoms with van der Waals surface area (Å²) in [6, 6.07) is 10.8. The van der Waals surface area contributed by atoms with Crippen molar-refractivity contribution in [3.8, 4) is 0 Å². The molecule has 2 amide bonds. The molecule has 0 bridgehead atoms. The van der Waals surface area contributed by atoms with Gasteiger partial charge >= 0.3 is 6.09 Å². The average molecular weight is 431 g/mol. The average Bonchev–Trinajstić information content (AvgIpc) is 2.73. The molecule has 0 aliphatic carbocycles. The van der Waals surface area contributed by atoms with Crippen LogP contribution in [0.3, 0.4) is 0 Å². The maximum Gasteiger partial charge on any atom is 0.411 e. The highest BCUT2D eigenvalue weighted by atomic mass is 35.5. The molecular weight excluding hydrogens is 404 g/mol. The topological polar surface area (TPSA) is 83.6 Å². The van der Waals surface area contributed by atoms with Gasteiger partial charge in [-0.05, 0) is 49.1 Å². The number of piperidine rings is 1. The van der Waals surface area contributed by atoms with E-state index >= 15 is 0 Å². The van der Waals surface area contributed by atoms with Crippen LogP contribution in [-0.4, -0.2) is 36.7 Å². The van der Waals surface area contributed by atoms with E-state index in [0.717, 1.165) is 31.7 Å². The number of nitrogens with zero attached hydrogens (tertiary/aromatic N) is 2. The normalized spacial score (nSPS) is 14.5. The number of halogens is 1. The van der Waals surface area contributed by atoms with Crippen LogP contribution in [0.2, 0.25) is 5.02 Å². The zero-order chi connectivity index (χ0) is 21.5. The molecule has 7 nitrogen and oxygen atoms in total. The number of benzene rings is 1. The van der Waals surface area contributed by atoms with Crippen molar-refractivity contribution in [2.75, 3.05) is 35.2 Å². The number of hydrogen-bond acceptors (Lipinski definition) is 5. The van der Waals surface area contributed by atoms with Crippen LogP contribution < -0.4 is 15.5 Å². The standard InChI is InChI=1S/C22H27ClN4O3/c1-15(2)14-30-22(29)26-19-5-3-4-18(12-19)25-21(28)16-8-10-27(11-9-16)20-7-6-17(23)13-24-20/h3-7,12-13,15-16H,8-11,14H2,1-2H3,(H,25,28)(H,26,29). The van der Waals surface area contributed by atoms with Crippen molar-refractivity contribution in [2.24, 2.45) is 11.8 Å². The molecule has 30 heavy (non-hydrogen) atoms. The second kappa shape index (κ2) is 10.3. The SMILES string of the molecule is CC(C)COC(=O)Nc1cccc(NC(=O)C2CCN(c3ccc(Cl)cn3)CC2)c1. The Bertz CT molecular complexity index is 865. The van der Waals surface area contributed by atoms with Crippen molar-refractivity contribution in [1.29, 1.82) is 0 Å². The summed E-state index contributed by atoms with van der Waals surface area (Å²) in [5, 5.41) is 6.25. The summed E-state index contributed by atoms with van der Waals surface area (Å²) >= 11 is 5.90. The van der Waals surface area contributed by atoms with Gasteiger partial charge in [0.05, 0.1) is 11.6 Å². The van der Waals surface area contributed by atoms with Crippen molar-refractivity contribution >= 4 is 40.8 Å². The lowest BCUT2D eigenvalue weighted by Crippen LogP contribution is -2.38. The van der Waals surface area contributed by atoms with Gasteiger partial charge in [-0.25, -0.2) is 9.78 Å². The molecule has 1 fully saturated rings. The quantitative estimate of drug-likeness (QED) is 0.688. The van der Waals surface area contributed by atoms with Gasteiger partial charge in [-0.15, -0.1) is 0 Å². The highest BCUT2D eigenvalue weighted by Crippen LogP contribution is 2.24. The second-order valence-corrected chi connectivity index (χ2v) is 8.22. The van der Waals surface area contributed by atoms with E-state index in [1.165, 1.54) is 0 Å². The van der Waals surface area contributed by atoms with Crippen LogP contribution in [0.15, 0.2) is 42.6 Å². The third-order valence-electron chi connectivity index (χ3n) is 4.83. The summed E-state index contributed by atoms with van der Waals surface area (Å²) in [5.74, 6) is 1.06. The summed E-state index contributed by atoms with van der Waals surface area (Å²) in [5.41, 5.74) is 1.22. The van der Waals surface area contributed by atoms with Gasteiger partial charge in [0.15, 0.2) is 0 Å². The lowest BCUT2D eigenvalue weighted by Gasteiger charge is -2.32. The molecule has 0 spiro atoms. The molecule has 1 aromatic heterocycles. The van der Waals surface area contributed by atoms with Crippen LogP contribution in [0.25, 0.3) is 0 Å². The van der Waals surface area contributed by atoms with Gasteiger partial charge in [0.1, 0.15) is 5.82 Å². The van der Waals surface area contributed by atoms with E-state index in [1.807, 2.05) is 26.0 Å². The van der Waals surface area contributed by atoms with E-state index in [-0.39, 0.29) is 17.7 Å². The minimum absolute atomic E-state index is 0.0155. The molecular formula is C22H27ClN4O3. The first-order chi connectivity index (χ1) is 14.4. The molecule has 1 aromatic carbocycles. The molecule has 2 N–H and O–H groups in total. The lowest BCUT2D eigenvalue weighted by atomic mass is 9.95. The molecule has 160 valence electrons. The van der Waals surface area contributed by atoms with Gasteiger partial charge in [-0.2, -0.15) is 0 Å². The van der Waals surface area contributed by atoms with E-state index in [4.69, 9.17) is 16.3 Å². The first-order valence-electron chi connectivity index (χ1n) is 10.1. The van der Waals surface area contributed by atoms with Crippen LogP contribution in [0.1, 0.15) is 26.7 Å². The minimum Gasteiger partial charge on any atom is -0.449 e. The molecule has 1 aliphatic heterocycles. The smallest absolute Gasteiger partial charge is 0.411 e. The predicted molar refractivity (Wildman–Crippen MR) is 119 cm³/mol. The molecule has 0 atom stereocenters. The number of amides is 2.